The first-order valence-electron chi connectivity index (χ1n) is 7.34. The molecule has 1 aromatic carbocycles. The van der Waals surface area contributed by atoms with Gasteiger partial charge in [0.1, 0.15) is 0 Å². The van der Waals surface area contributed by atoms with Crippen LogP contribution in [0, 0.1) is 6.92 Å². The Morgan fingerprint density at radius 1 is 1.27 bits per heavy atom. The predicted octanol–water partition coefficient (Wildman–Crippen LogP) is 2.43. The normalized spacial score (nSPS) is 16.0. The monoisotopic (exact) mass is 319 g/mol. The molecule has 0 unspecified atom stereocenters. The lowest BCUT2D eigenvalue weighted by molar-refractivity contribution is 0.0546. The molecule has 0 atom stereocenters. The van der Waals surface area contributed by atoms with Gasteiger partial charge in [-0.25, -0.2) is 4.68 Å². The van der Waals surface area contributed by atoms with Crippen molar-refractivity contribution >= 4 is 17.5 Å². The van der Waals surface area contributed by atoms with Crippen LogP contribution < -0.4 is 0 Å². The zero-order chi connectivity index (χ0) is 15.7. The summed E-state index contributed by atoms with van der Waals surface area (Å²) in [6, 6.07) is 7.31. The summed E-state index contributed by atoms with van der Waals surface area (Å²) in [7, 11) is 0. The number of hydrogen-bond donors (Lipinski definition) is 1. The van der Waals surface area contributed by atoms with Crippen LogP contribution in [0.25, 0.3) is 5.69 Å². The highest BCUT2D eigenvalue weighted by molar-refractivity contribution is 6.30. The Bertz CT molecular complexity index is 673. The number of hydrogen-bond acceptors (Lipinski definition) is 3. The van der Waals surface area contributed by atoms with Crippen LogP contribution in [-0.4, -0.2) is 44.9 Å². The first kappa shape index (κ1) is 15.1. The van der Waals surface area contributed by atoms with Crippen LogP contribution in [0.4, 0.5) is 0 Å². The van der Waals surface area contributed by atoms with E-state index in [1.165, 1.54) is 0 Å². The van der Waals surface area contributed by atoms with Gasteiger partial charge in [-0.1, -0.05) is 11.6 Å². The molecular weight excluding hydrogens is 302 g/mol. The van der Waals surface area contributed by atoms with Gasteiger partial charge in [-0.3, -0.25) is 4.79 Å². The number of amides is 1. The number of aryl methyl sites for hydroxylation is 1. The van der Waals surface area contributed by atoms with Gasteiger partial charge in [0.25, 0.3) is 5.91 Å². The third-order valence-corrected chi connectivity index (χ3v) is 4.22. The summed E-state index contributed by atoms with van der Waals surface area (Å²) in [4.78, 5) is 14.4. The van der Waals surface area contributed by atoms with Crippen molar-refractivity contribution in [3.8, 4) is 5.69 Å². The number of aromatic nitrogens is 2. The standard InChI is InChI=1S/C16H18ClN3O2/c1-11-15(16(22)19-8-6-14(21)7-9-19)10-20(18-11)13-4-2-12(17)3-5-13/h2-5,10,14,21H,6-9H2,1H3. The molecule has 1 aliphatic heterocycles. The maximum atomic E-state index is 12.6. The Morgan fingerprint density at radius 2 is 1.91 bits per heavy atom. The van der Waals surface area contributed by atoms with Gasteiger partial charge in [0, 0.05) is 24.3 Å². The summed E-state index contributed by atoms with van der Waals surface area (Å²) in [5.74, 6) is -0.0235. The highest BCUT2D eigenvalue weighted by Crippen LogP contribution is 2.18. The van der Waals surface area contributed by atoms with Gasteiger partial charge in [0.2, 0.25) is 0 Å². The topological polar surface area (TPSA) is 58.4 Å². The second-order valence-electron chi connectivity index (χ2n) is 5.57. The van der Waals surface area contributed by atoms with Crippen molar-refractivity contribution in [1.29, 1.82) is 0 Å². The Kier molecular flexibility index (Phi) is 4.18. The minimum absolute atomic E-state index is 0.0235. The van der Waals surface area contributed by atoms with Gasteiger partial charge >= 0.3 is 0 Å². The van der Waals surface area contributed by atoms with Crippen LogP contribution >= 0.6 is 11.6 Å². The van der Waals surface area contributed by atoms with E-state index in [0.29, 0.717) is 42.2 Å². The van der Waals surface area contributed by atoms with Gasteiger partial charge in [0.15, 0.2) is 0 Å². The van der Waals surface area contributed by atoms with E-state index < -0.39 is 0 Å². The molecule has 1 aliphatic rings. The zero-order valence-corrected chi connectivity index (χ0v) is 13.1. The van der Waals surface area contributed by atoms with E-state index in [-0.39, 0.29) is 12.0 Å². The molecule has 1 amide bonds. The number of piperidine rings is 1. The molecule has 0 spiro atoms. The first-order valence-corrected chi connectivity index (χ1v) is 7.72. The Labute approximate surface area is 134 Å². The fourth-order valence-corrected chi connectivity index (χ4v) is 2.76. The number of halogens is 1. The van der Waals surface area contributed by atoms with Gasteiger partial charge in [-0.05, 0) is 44.0 Å². The van der Waals surface area contributed by atoms with Crippen LogP contribution in [-0.2, 0) is 0 Å². The summed E-state index contributed by atoms with van der Waals surface area (Å²) in [5.41, 5.74) is 2.16. The quantitative estimate of drug-likeness (QED) is 0.925. The molecule has 22 heavy (non-hydrogen) atoms. The summed E-state index contributed by atoms with van der Waals surface area (Å²) in [6.07, 6.45) is 2.74. The smallest absolute Gasteiger partial charge is 0.257 e. The average molecular weight is 320 g/mol. The maximum absolute atomic E-state index is 12.6. The molecule has 1 fully saturated rings. The SMILES string of the molecule is Cc1nn(-c2ccc(Cl)cc2)cc1C(=O)N1CCC(O)CC1. The minimum atomic E-state index is -0.290. The molecule has 2 aromatic rings. The van der Waals surface area contributed by atoms with E-state index in [1.54, 1.807) is 27.9 Å². The van der Waals surface area contributed by atoms with E-state index in [2.05, 4.69) is 5.10 Å². The maximum Gasteiger partial charge on any atom is 0.257 e. The number of carbonyl (C=O) groups excluding carboxylic acids is 1. The van der Waals surface area contributed by atoms with Gasteiger partial charge < -0.3 is 10.0 Å². The highest BCUT2D eigenvalue weighted by atomic mass is 35.5. The molecule has 5 nitrogen and oxygen atoms in total. The molecule has 2 heterocycles. The lowest BCUT2D eigenvalue weighted by Crippen LogP contribution is -2.40. The van der Waals surface area contributed by atoms with Crippen molar-refractivity contribution in [3.63, 3.8) is 0 Å². The third-order valence-electron chi connectivity index (χ3n) is 3.97. The molecule has 1 saturated heterocycles. The van der Waals surface area contributed by atoms with E-state index in [9.17, 15) is 9.90 Å². The Morgan fingerprint density at radius 3 is 2.55 bits per heavy atom. The number of nitrogens with zero attached hydrogens (tertiary/aromatic N) is 3. The second kappa shape index (κ2) is 6.10. The summed E-state index contributed by atoms with van der Waals surface area (Å²) < 4.78 is 1.69. The van der Waals surface area contributed by atoms with E-state index in [0.717, 1.165) is 5.69 Å². The van der Waals surface area contributed by atoms with Crippen LogP contribution in [0.5, 0.6) is 0 Å². The van der Waals surface area contributed by atoms with Gasteiger partial charge in [-0.2, -0.15) is 5.10 Å². The largest absolute Gasteiger partial charge is 0.393 e. The molecule has 1 aromatic heterocycles. The number of likely N-dealkylation sites (tertiary alicyclic amines) is 1. The van der Waals surface area contributed by atoms with Crippen molar-refractivity contribution in [2.45, 2.75) is 25.9 Å². The average Bonchev–Trinajstić information content (AvgIpc) is 2.90. The van der Waals surface area contributed by atoms with E-state index in [4.69, 9.17) is 11.6 Å². The van der Waals surface area contributed by atoms with Crippen LogP contribution in [0.2, 0.25) is 5.02 Å². The number of aliphatic hydroxyl groups is 1. The Hall–Kier alpha value is -1.85. The summed E-state index contributed by atoms with van der Waals surface area (Å²) in [6.45, 7) is 3.01. The molecular formula is C16H18ClN3O2. The number of aliphatic hydroxyl groups excluding tert-OH is 1. The molecule has 0 aliphatic carbocycles. The van der Waals surface area contributed by atoms with Crippen LogP contribution in [0.1, 0.15) is 28.9 Å². The lowest BCUT2D eigenvalue weighted by atomic mass is 10.1. The zero-order valence-electron chi connectivity index (χ0n) is 12.4. The Balaban J connectivity index is 1.83. The molecule has 0 bridgehead atoms. The van der Waals surface area contributed by atoms with Crippen molar-refractivity contribution in [3.05, 3.63) is 46.7 Å². The van der Waals surface area contributed by atoms with Crippen molar-refractivity contribution in [2.75, 3.05) is 13.1 Å². The first-order chi connectivity index (χ1) is 10.5. The molecule has 116 valence electrons. The van der Waals surface area contributed by atoms with E-state index >= 15 is 0 Å². The van der Waals surface area contributed by atoms with Crippen LogP contribution in [0.15, 0.2) is 30.5 Å². The summed E-state index contributed by atoms with van der Waals surface area (Å²) in [5, 5.41) is 14.6. The lowest BCUT2D eigenvalue weighted by Gasteiger charge is -2.29. The fraction of sp³-hybridized carbons (Fsp3) is 0.375. The third kappa shape index (κ3) is 3.00. The van der Waals surface area contributed by atoms with Gasteiger partial charge in [0.05, 0.1) is 23.0 Å². The predicted molar refractivity (Wildman–Crippen MR) is 84.5 cm³/mol. The number of carbonyl (C=O) groups is 1. The fourth-order valence-electron chi connectivity index (χ4n) is 2.64. The number of benzene rings is 1. The minimum Gasteiger partial charge on any atom is -0.393 e. The van der Waals surface area contributed by atoms with E-state index in [1.807, 2.05) is 19.1 Å². The van der Waals surface area contributed by atoms with Crippen molar-refractivity contribution in [1.82, 2.24) is 14.7 Å². The molecule has 3 rings (SSSR count). The van der Waals surface area contributed by atoms with Crippen LogP contribution in [0.3, 0.4) is 0 Å². The molecule has 0 saturated carbocycles. The van der Waals surface area contributed by atoms with Gasteiger partial charge in [-0.15, -0.1) is 0 Å². The van der Waals surface area contributed by atoms with Crippen molar-refractivity contribution < 1.29 is 9.90 Å². The second-order valence-corrected chi connectivity index (χ2v) is 6.01. The van der Waals surface area contributed by atoms with Crippen molar-refractivity contribution in [2.24, 2.45) is 0 Å². The molecule has 6 heteroatoms. The highest BCUT2D eigenvalue weighted by Gasteiger charge is 2.24. The molecule has 0 radical (unpaired) electrons. The summed E-state index contributed by atoms with van der Waals surface area (Å²) >= 11 is 5.89. The molecule has 1 N–H and O–H groups in total. The number of rotatable bonds is 2.